The molecule has 6 rings (SSSR count). The number of benzene rings is 1. The predicted molar refractivity (Wildman–Crippen MR) is 106 cm³/mol. The summed E-state index contributed by atoms with van der Waals surface area (Å²) in [4.78, 5) is 21.6. The van der Waals surface area contributed by atoms with Gasteiger partial charge in [-0.15, -0.1) is 0 Å². The Bertz CT molecular complexity index is 1400. The molecule has 7 nitrogen and oxygen atoms in total. The van der Waals surface area contributed by atoms with Gasteiger partial charge in [0.2, 0.25) is 5.88 Å². The van der Waals surface area contributed by atoms with E-state index in [9.17, 15) is 22.4 Å². The highest BCUT2D eigenvalue weighted by Crippen LogP contribution is 2.61. The number of pyridine rings is 1. The number of hydrogen-bond acceptors (Lipinski definition) is 6. The highest BCUT2D eigenvalue weighted by Gasteiger charge is 2.64. The van der Waals surface area contributed by atoms with Crippen molar-refractivity contribution >= 4 is 5.82 Å². The largest absolute Gasteiger partial charge is 0.473 e. The number of hydrogen-bond donors (Lipinski definition) is 0. The molecule has 4 heterocycles. The molecule has 3 aliphatic rings. The van der Waals surface area contributed by atoms with E-state index in [0.29, 0.717) is 18.2 Å². The Morgan fingerprint density at radius 1 is 1.15 bits per heavy atom. The Kier molecular flexibility index (Phi) is 3.93. The van der Waals surface area contributed by atoms with Crippen LogP contribution < -0.4 is 20.1 Å². The van der Waals surface area contributed by atoms with E-state index in [1.54, 1.807) is 10.6 Å². The molecule has 1 aromatic carbocycles. The molecule has 1 unspecified atom stereocenters. The van der Waals surface area contributed by atoms with Gasteiger partial charge in [-0.3, -0.25) is 9.55 Å². The second-order valence-corrected chi connectivity index (χ2v) is 8.08. The van der Waals surface area contributed by atoms with Gasteiger partial charge in [-0.05, 0) is 29.3 Å². The predicted octanol–water partition coefficient (Wildman–Crippen LogP) is 4.03. The summed E-state index contributed by atoms with van der Waals surface area (Å²) < 4.78 is 65.3. The minimum Gasteiger partial charge on any atom is -0.473 e. The first-order chi connectivity index (χ1) is 15.7. The third kappa shape index (κ3) is 3.14. The van der Waals surface area contributed by atoms with Crippen molar-refractivity contribution < 1.29 is 27.0 Å². The summed E-state index contributed by atoms with van der Waals surface area (Å²) in [7, 11) is 0. The summed E-state index contributed by atoms with van der Waals surface area (Å²) in [6, 6.07) is 7.51. The first-order valence-electron chi connectivity index (χ1n) is 9.98. The minimum absolute atomic E-state index is 0.0406. The topological polar surface area (TPSA) is 69.5 Å². The molecular formula is C22H14F4N4O3. The third-order valence-electron chi connectivity index (χ3n) is 5.97. The van der Waals surface area contributed by atoms with E-state index in [2.05, 4.69) is 9.97 Å². The van der Waals surface area contributed by atoms with E-state index in [-0.39, 0.29) is 29.5 Å². The van der Waals surface area contributed by atoms with Gasteiger partial charge in [0.15, 0.2) is 11.6 Å². The van der Waals surface area contributed by atoms with Crippen LogP contribution in [0.3, 0.4) is 0 Å². The van der Waals surface area contributed by atoms with Gasteiger partial charge in [-0.1, -0.05) is 6.07 Å². The Balaban J connectivity index is 1.16. The lowest BCUT2D eigenvalue weighted by atomic mass is 10.2. The molecule has 0 amide bonds. The number of anilines is 1. The van der Waals surface area contributed by atoms with Gasteiger partial charge in [0.1, 0.15) is 23.9 Å². The summed E-state index contributed by atoms with van der Waals surface area (Å²) >= 11 is 0. The van der Waals surface area contributed by atoms with Gasteiger partial charge in [0.05, 0.1) is 12.1 Å². The van der Waals surface area contributed by atoms with Crippen molar-refractivity contribution in [2.24, 2.45) is 0 Å². The number of nitrogens with zero attached hydrogens (tertiary/aromatic N) is 4. The summed E-state index contributed by atoms with van der Waals surface area (Å²) in [6.07, 6.45) is -0.738. The molecule has 1 spiro atoms. The van der Waals surface area contributed by atoms with Crippen molar-refractivity contribution in [2.75, 3.05) is 4.90 Å². The second-order valence-electron chi connectivity index (χ2n) is 8.08. The van der Waals surface area contributed by atoms with E-state index in [1.165, 1.54) is 23.8 Å². The number of aromatic nitrogens is 3. The van der Waals surface area contributed by atoms with Crippen LogP contribution in [-0.4, -0.2) is 20.1 Å². The second kappa shape index (κ2) is 6.56. The summed E-state index contributed by atoms with van der Waals surface area (Å²) in [5.74, 6) is -0.376. The summed E-state index contributed by atoms with van der Waals surface area (Å²) in [5.41, 5.74) is 0.170. The molecule has 0 radical (unpaired) electrons. The quantitative estimate of drug-likeness (QED) is 0.538. The average molecular weight is 458 g/mol. The molecule has 1 fully saturated rings. The van der Waals surface area contributed by atoms with Crippen LogP contribution in [0, 0.1) is 5.82 Å². The first-order valence-corrected chi connectivity index (χ1v) is 9.98. The Labute approximate surface area is 183 Å². The molecule has 168 valence electrons. The van der Waals surface area contributed by atoms with Crippen LogP contribution in [0.4, 0.5) is 23.4 Å². The SMILES string of the molecule is O=c1nc(OCc2ccc(Oc3ccnc(C(F)(F)F)c3)c(F)c2)cc2n1CC13CC1=CN23. The van der Waals surface area contributed by atoms with E-state index in [0.717, 1.165) is 24.5 Å². The van der Waals surface area contributed by atoms with E-state index in [1.807, 2.05) is 11.1 Å². The summed E-state index contributed by atoms with van der Waals surface area (Å²) in [5, 5.41) is 0. The number of halogens is 4. The maximum absolute atomic E-state index is 14.5. The lowest BCUT2D eigenvalue weighted by Crippen LogP contribution is -2.35. The van der Waals surface area contributed by atoms with Gasteiger partial charge in [0, 0.05) is 31.0 Å². The van der Waals surface area contributed by atoms with Crippen LogP contribution in [0.15, 0.2) is 59.2 Å². The third-order valence-corrected chi connectivity index (χ3v) is 5.97. The molecule has 2 aliphatic heterocycles. The molecule has 0 N–H and O–H groups in total. The Morgan fingerprint density at radius 2 is 2.00 bits per heavy atom. The molecule has 0 saturated heterocycles. The van der Waals surface area contributed by atoms with Crippen LogP contribution in [0.25, 0.3) is 0 Å². The van der Waals surface area contributed by atoms with Crippen LogP contribution in [0.5, 0.6) is 17.4 Å². The molecule has 1 aliphatic carbocycles. The zero-order valence-corrected chi connectivity index (χ0v) is 16.8. The molecule has 33 heavy (non-hydrogen) atoms. The standard InChI is InChI=1S/C22H14F4N4O3/c23-15-5-12(1-2-16(15)33-14-3-4-27-17(6-14)22(24,25)26)10-32-18-7-19-29(20(31)28-18)11-21-8-13(21)9-30(19)21/h1-7,9H,8,10-11H2. The lowest BCUT2D eigenvalue weighted by Gasteiger charge is -2.27. The molecule has 0 bridgehead atoms. The monoisotopic (exact) mass is 458 g/mol. The van der Waals surface area contributed by atoms with E-state index >= 15 is 0 Å². The smallest absolute Gasteiger partial charge is 0.433 e. The fourth-order valence-corrected chi connectivity index (χ4v) is 4.20. The number of ether oxygens (including phenoxy) is 2. The van der Waals surface area contributed by atoms with Crippen molar-refractivity contribution in [3.05, 3.63) is 81.9 Å². The molecule has 1 saturated carbocycles. The van der Waals surface area contributed by atoms with Gasteiger partial charge in [0.25, 0.3) is 0 Å². The van der Waals surface area contributed by atoms with Crippen LogP contribution in [0.2, 0.25) is 0 Å². The molecular weight excluding hydrogens is 444 g/mol. The number of fused-ring (bicyclic) bond motifs is 2. The van der Waals surface area contributed by atoms with Crippen molar-refractivity contribution in [1.82, 2.24) is 14.5 Å². The van der Waals surface area contributed by atoms with E-state index in [4.69, 9.17) is 9.47 Å². The molecule has 3 aromatic rings. The molecule has 11 heteroatoms. The summed E-state index contributed by atoms with van der Waals surface area (Å²) in [6.45, 7) is 0.529. The highest BCUT2D eigenvalue weighted by atomic mass is 19.4. The zero-order valence-electron chi connectivity index (χ0n) is 16.8. The van der Waals surface area contributed by atoms with Crippen LogP contribution >= 0.6 is 0 Å². The maximum atomic E-state index is 14.5. The number of alkyl halides is 3. The molecule has 1 atom stereocenters. The van der Waals surface area contributed by atoms with Gasteiger partial charge >= 0.3 is 11.9 Å². The zero-order chi connectivity index (χ0) is 23.0. The van der Waals surface area contributed by atoms with Crippen molar-refractivity contribution in [2.45, 2.75) is 31.3 Å². The lowest BCUT2D eigenvalue weighted by molar-refractivity contribution is -0.141. The molecule has 2 aromatic heterocycles. The Morgan fingerprint density at radius 3 is 2.73 bits per heavy atom. The van der Waals surface area contributed by atoms with Crippen LogP contribution in [0.1, 0.15) is 17.7 Å². The van der Waals surface area contributed by atoms with Gasteiger partial charge in [-0.2, -0.15) is 18.2 Å². The normalized spacial score (nSPS) is 19.8. The number of rotatable bonds is 5. The first kappa shape index (κ1) is 19.8. The van der Waals surface area contributed by atoms with Gasteiger partial charge < -0.3 is 14.4 Å². The fourth-order valence-electron chi connectivity index (χ4n) is 4.20. The van der Waals surface area contributed by atoms with Gasteiger partial charge in [-0.25, -0.2) is 9.18 Å². The Hall–Kier alpha value is -3.89. The van der Waals surface area contributed by atoms with Crippen molar-refractivity contribution in [3.63, 3.8) is 0 Å². The highest BCUT2D eigenvalue weighted by molar-refractivity contribution is 5.71. The van der Waals surface area contributed by atoms with Crippen molar-refractivity contribution in [1.29, 1.82) is 0 Å². The minimum atomic E-state index is -4.64. The van der Waals surface area contributed by atoms with Crippen LogP contribution in [-0.2, 0) is 19.3 Å². The van der Waals surface area contributed by atoms with Crippen molar-refractivity contribution in [3.8, 4) is 17.4 Å². The van der Waals surface area contributed by atoms with E-state index < -0.39 is 23.4 Å². The average Bonchev–Trinajstić information content (AvgIpc) is 3.21. The maximum Gasteiger partial charge on any atom is 0.433 e. The fraction of sp³-hybridized carbons (Fsp3) is 0.227.